The largest absolute Gasteiger partial charge is 0.327 e. The van der Waals surface area contributed by atoms with E-state index >= 15 is 0 Å². The number of para-hydroxylation sites is 2. The van der Waals surface area contributed by atoms with Gasteiger partial charge in [0.25, 0.3) is 5.91 Å². The van der Waals surface area contributed by atoms with Crippen molar-refractivity contribution in [1.82, 2.24) is 9.47 Å². The average molecular weight is 484 g/mol. The number of aromatic nitrogens is 1. The predicted octanol–water partition coefficient (Wildman–Crippen LogP) is 6.12. The van der Waals surface area contributed by atoms with Crippen molar-refractivity contribution < 1.29 is 9.59 Å². The maximum Gasteiger partial charge on any atom is 0.254 e. The van der Waals surface area contributed by atoms with Crippen LogP contribution in [0.5, 0.6) is 0 Å². The summed E-state index contributed by atoms with van der Waals surface area (Å²) in [6.45, 7) is 3.81. The van der Waals surface area contributed by atoms with Crippen molar-refractivity contribution >= 4 is 29.1 Å². The highest BCUT2D eigenvalue weighted by molar-refractivity contribution is 6.30. The fraction of sp³-hybridized carbons (Fsp3) is 0.172. The van der Waals surface area contributed by atoms with Gasteiger partial charge < -0.3 is 9.47 Å². The van der Waals surface area contributed by atoms with Crippen LogP contribution in [0.3, 0.4) is 0 Å². The van der Waals surface area contributed by atoms with Crippen LogP contribution >= 0.6 is 11.6 Å². The van der Waals surface area contributed by atoms with Gasteiger partial charge in [-0.1, -0.05) is 54.1 Å². The highest BCUT2D eigenvalue weighted by atomic mass is 35.5. The second kappa shape index (κ2) is 9.43. The van der Waals surface area contributed by atoms with Gasteiger partial charge in [0, 0.05) is 22.8 Å². The van der Waals surface area contributed by atoms with Crippen LogP contribution in [-0.2, 0) is 4.79 Å². The molecule has 1 unspecified atom stereocenters. The van der Waals surface area contributed by atoms with E-state index in [1.54, 1.807) is 17.0 Å². The number of rotatable bonds is 5. The van der Waals surface area contributed by atoms with Crippen molar-refractivity contribution in [2.24, 2.45) is 0 Å². The van der Waals surface area contributed by atoms with Gasteiger partial charge >= 0.3 is 0 Å². The Labute approximate surface area is 210 Å². The van der Waals surface area contributed by atoms with E-state index in [1.165, 1.54) is 0 Å². The second-order valence-electron chi connectivity index (χ2n) is 8.91. The lowest BCUT2D eigenvalue weighted by atomic mass is 9.97. The molecule has 4 aromatic rings. The van der Waals surface area contributed by atoms with Crippen LogP contribution in [0, 0.1) is 0 Å². The first-order valence-corrected chi connectivity index (χ1v) is 12.0. The predicted molar refractivity (Wildman–Crippen MR) is 139 cm³/mol. The molecule has 0 bridgehead atoms. The molecule has 2 heterocycles. The van der Waals surface area contributed by atoms with Gasteiger partial charge in [0.05, 0.1) is 17.1 Å². The quantitative estimate of drug-likeness (QED) is 0.343. The molecule has 1 aromatic heterocycles. The highest BCUT2D eigenvalue weighted by Crippen LogP contribution is 2.42. The van der Waals surface area contributed by atoms with Crippen LogP contribution in [0.4, 0.5) is 5.69 Å². The number of anilines is 1. The van der Waals surface area contributed by atoms with Crippen LogP contribution in [0.1, 0.15) is 41.5 Å². The van der Waals surface area contributed by atoms with E-state index in [4.69, 9.17) is 11.6 Å². The van der Waals surface area contributed by atoms with Crippen LogP contribution in [0.15, 0.2) is 97.2 Å². The fourth-order valence-corrected chi connectivity index (χ4v) is 4.91. The standard InChI is InChI=1S/C29H26ClN3O2/c1-20(2)32(29(35)21-10-4-3-5-11-21)19-27(34)33-25-15-7-6-14-24(25)31-17-9-16-26(31)28(33)22-12-8-13-23(30)18-22/h3-18,20,28H,19H2,1-2H3. The number of fused-ring (bicyclic) bond motifs is 3. The zero-order valence-corrected chi connectivity index (χ0v) is 20.4. The lowest BCUT2D eigenvalue weighted by molar-refractivity contribution is -0.120. The molecule has 1 atom stereocenters. The molecular weight excluding hydrogens is 458 g/mol. The van der Waals surface area contributed by atoms with Gasteiger partial charge in [0.2, 0.25) is 5.91 Å². The summed E-state index contributed by atoms with van der Waals surface area (Å²) in [4.78, 5) is 30.9. The van der Waals surface area contributed by atoms with Crippen molar-refractivity contribution in [3.05, 3.63) is 119 Å². The molecule has 6 heteroatoms. The molecule has 0 N–H and O–H groups in total. The van der Waals surface area contributed by atoms with E-state index in [1.807, 2.05) is 104 Å². The zero-order valence-electron chi connectivity index (χ0n) is 19.6. The number of hydrogen-bond donors (Lipinski definition) is 0. The molecule has 0 radical (unpaired) electrons. The summed E-state index contributed by atoms with van der Waals surface area (Å²) in [5.74, 6) is -0.324. The molecule has 0 fully saturated rings. The van der Waals surface area contributed by atoms with E-state index < -0.39 is 0 Å². The lowest BCUT2D eigenvalue weighted by Gasteiger charge is -2.40. The van der Waals surface area contributed by atoms with E-state index in [-0.39, 0.29) is 30.4 Å². The molecule has 3 aromatic carbocycles. The number of nitrogens with zero attached hydrogens (tertiary/aromatic N) is 3. The van der Waals surface area contributed by atoms with Crippen LogP contribution in [-0.4, -0.2) is 33.9 Å². The van der Waals surface area contributed by atoms with Gasteiger partial charge in [0.1, 0.15) is 12.6 Å². The van der Waals surface area contributed by atoms with Gasteiger partial charge in [-0.2, -0.15) is 0 Å². The van der Waals surface area contributed by atoms with Crippen molar-refractivity contribution in [1.29, 1.82) is 0 Å². The van der Waals surface area contributed by atoms with Crippen LogP contribution in [0.25, 0.3) is 5.69 Å². The molecule has 5 nitrogen and oxygen atoms in total. The van der Waals surface area contributed by atoms with E-state index in [0.29, 0.717) is 10.6 Å². The molecule has 5 rings (SSSR count). The molecule has 0 spiro atoms. The summed E-state index contributed by atoms with van der Waals surface area (Å²) in [6, 6.07) is 28.0. The summed E-state index contributed by atoms with van der Waals surface area (Å²) in [5, 5.41) is 0.606. The number of carbonyl (C=O) groups excluding carboxylic acids is 2. The summed E-state index contributed by atoms with van der Waals surface area (Å²) in [5.41, 5.74) is 4.15. The third-order valence-electron chi connectivity index (χ3n) is 6.36. The number of benzene rings is 3. The normalized spacial score (nSPS) is 14.4. The summed E-state index contributed by atoms with van der Waals surface area (Å²) in [6.07, 6.45) is 2.01. The SMILES string of the molecule is CC(C)N(CC(=O)N1c2ccccc2-n2cccc2C1c1cccc(Cl)c1)C(=O)c1ccccc1. The van der Waals surface area contributed by atoms with Crippen molar-refractivity contribution in [2.45, 2.75) is 25.9 Å². The first-order valence-electron chi connectivity index (χ1n) is 11.7. The maximum atomic E-state index is 14.1. The molecule has 1 aliphatic rings. The van der Waals surface area contributed by atoms with E-state index in [2.05, 4.69) is 4.57 Å². The minimum absolute atomic E-state index is 0.0441. The van der Waals surface area contributed by atoms with Crippen LogP contribution in [0.2, 0.25) is 5.02 Å². The van der Waals surface area contributed by atoms with Gasteiger partial charge in [-0.05, 0) is 67.9 Å². The Balaban J connectivity index is 1.59. The summed E-state index contributed by atoms with van der Waals surface area (Å²) in [7, 11) is 0. The van der Waals surface area contributed by atoms with Gasteiger partial charge in [-0.25, -0.2) is 0 Å². The Bertz CT molecular complexity index is 1380. The molecule has 0 saturated carbocycles. The number of halogens is 1. The highest BCUT2D eigenvalue weighted by Gasteiger charge is 2.37. The Kier molecular flexibility index (Phi) is 6.18. The molecule has 176 valence electrons. The van der Waals surface area contributed by atoms with Gasteiger partial charge in [-0.3, -0.25) is 14.5 Å². The van der Waals surface area contributed by atoms with Crippen molar-refractivity contribution in [2.75, 3.05) is 11.4 Å². The van der Waals surface area contributed by atoms with Crippen molar-refractivity contribution in [3.63, 3.8) is 0 Å². The summed E-state index contributed by atoms with van der Waals surface area (Å²) >= 11 is 6.36. The van der Waals surface area contributed by atoms with Crippen molar-refractivity contribution in [3.8, 4) is 5.69 Å². The first-order chi connectivity index (χ1) is 17.0. The fourth-order valence-electron chi connectivity index (χ4n) is 4.71. The second-order valence-corrected chi connectivity index (χ2v) is 9.34. The van der Waals surface area contributed by atoms with Gasteiger partial charge in [0.15, 0.2) is 0 Å². The Morgan fingerprint density at radius 2 is 1.60 bits per heavy atom. The smallest absolute Gasteiger partial charge is 0.254 e. The number of amides is 2. The summed E-state index contributed by atoms with van der Waals surface area (Å²) < 4.78 is 2.11. The Morgan fingerprint density at radius 1 is 0.886 bits per heavy atom. The lowest BCUT2D eigenvalue weighted by Crippen LogP contribution is -2.48. The number of carbonyl (C=O) groups is 2. The number of hydrogen-bond acceptors (Lipinski definition) is 2. The van der Waals surface area contributed by atoms with E-state index in [9.17, 15) is 9.59 Å². The topological polar surface area (TPSA) is 45.6 Å². The Hall–Kier alpha value is -3.83. The van der Waals surface area contributed by atoms with Gasteiger partial charge in [-0.15, -0.1) is 0 Å². The third-order valence-corrected chi connectivity index (χ3v) is 6.60. The molecule has 1 aliphatic heterocycles. The minimum atomic E-state index is -0.382. The minimum Gasteiger partial charge on any atom is -0.327 e. The molecule has 35 heavy (non-hydrogen) atoms. The molecule has 2 amide bonds. The third kappa shape index (κ3) is 4.24. The van der Waals surface area contributed by atoms with E-state index in [0.717, 1.165) is 22.6 Å². The monoisotopic (exact) mass is 483 g/mol. The Morgan fingerprint density at radius 3 is 2.31 bits per heavy atom. The zero-order chi connectivity index (χ0) is 24.5. The first kappa shape index (κ1) is 22.9. The molecule has 0 saturated heterocycles. The molecule has 0 aliphatic carbocycles. The maximum absolute atomic E-state index is 14.1. The van der Waals surface area contributed by atoms with Crippen LogP contribution < -0.4 is 4.90 Å². The average Bonchev–Trinajstić information content (AvgIpc) is 3.36. The molecular formula is C29H26ClN3O2.